The first kappa shape index (κ1) is 16.0. The first-order valence-corrected chi connectivity index (χ1v) is 8.88. The van der Waals surface area contributed by atoms with E-state index in [-0.39, 0.29) is 23.3 Å². The molecule has 1 fully saturated rings. The summed E-state index contributed by atoms with van der Waals surface area (Å²) in [6, 6.07) is 6.68. The molecule has 1 aromatic rings. The number of Topliss-reactive ketones (excluding diaryl/α,β-unsaturated/α-hetero) is 1. The summed E-state index contributed by atoms with van der Waals surface area (Å²) >= 11 is 0. The molecule has 1 unspecified atom stereocenters. The van der Waals surface area contributed by atoms with E-state index in [1.807, 2.05) is 11.8 Å². The molecule has 1 heterocycles. The minimum atomic E-state index is -2.95. The van der Waals surface area contributed by atoms with Gasteiger partial charge in [0.1, 0.15) is 5.75 Å². The molecule has 1 atom stereocenters. The molecule has 0 aromatic heterocycles. The molecule has 0 amide bonds. The van der Waals surface area contributed by atoms with E-state index in [2.05, 4.69) is 0 Å². The monoisotopic (exact) mass is 311 g/mol. The summed E-state index contributed by atoms with van der Waals surface area (Å²) in [5, 5.41) is 0. The zero-order chi connectivity index (χ0) is 15.5. The number of hydrogen-bond donors (Lipinski definition) is 0. The van der Waals surface area contributed by atoms with Gasteiger partial charge in [0.2, 0.25) is 0 Å². The number of rotatable bonds is 4. The molecule has 1 aromatic carbocycles. The molecular weight excluding hydrogens is 290 g/mol. The summed E-state index contributed by atoms with van der Waals surface area (Å²) < 4.78 is 28.3. The normalized spacial score (nSPS) is 20.5. The van der Waals surface area contributed by atoms with E-state index >= 15 is 0 Å². The Bertz CT molecular complexity index is 595. The van der Waals surface area contributed by atoms with Gasteiger partial charge >= 0.3 is 0 Å². The summed E-state index contributed by atoms with van der Waals surface area (Å²) in [6.45, 7) is 2.90. The van der Waals surface area contributed by atoms with Gasteiger partial charge in [-0.2, -0.15) is 0 Å². The second kappa shape index (κ2) is 6.58. The van der Waals surface area contributed by atoms with Crippen LogP contribution in [0.3, 0.4) is 0 Å². The number of hydrogen-bond acceptors (Lipinski definition) is 5. The van der Waals surface area contributed by atoms with Crippen LogP contribution in [0.15, 0.2) is 24.3 Å². The Morgan fingerprint density at radius 3 is 2.48 bits per heavy atom. The number of carbonyl (C=O) groups is 1. The van der Waals surface area contributed by atoms with Crippen LogP contribution in [0.4, 0.5) is 0 Å². The molecule has 0 saturated carbocycles. The maximum Gasteiger partial charge on any atom is 0.179 e. The van der Waals surface area contributed by atoms with Gasteiger partial charge in [0.15, 0.2) is 15.6 Å². The summed E-state index contributed by atoms with van der Waals surface area (Å²) in [4.78, 5) is 14.4. The quantitative estimate of drug-likeness (QED) is 0.786. The van der Waals surface area contributed by atoms with E-state index in [1.165, 1.54) is 0 Å². The smallest absolute Gasteiger partial charge is 0.179 e. The maximum atomic E-state index is 12.5. The number of benzene rings is 1. The fourth-order valence-corrected chi connectivity index (χ4v) is 3.79. The van der Waals surface area contributed by atoms with Crippen molar-refractivity contribution in [1.29, 1.82) is 0 Å². The van der Waals surface area contributed by atoms with Crippen LogP contribution in [0.25, 0.3) is 0 Å². The first-order chi connectivity index (χ1) is 9.93. The Morgan fingerprint density at radius 2 is 1.86 bits per heavy atom. The number of carbonyl (C=O) groups excluding carboxylic acids is 1. The number of nitrogens with zero attached hydrogens (tertiary/aromatic N) is 1. The maximum absolute atomic E-state index is 12.5. The van der Waals surface area contributed by atoms with Crippen LogP contribution in [0.1, 0.15) is 23.7 Å². The zero-order valence-electron chi connectivity index (χ0n) is 12.4. The highest BCUT2D eigenvalue weighted by Crippen LogP contribution is 2.16. The van der Waals surface area contributed by atoms with Gasteiger partial charge in [0.25, 0.3) is 0 Å². The lowest BCUT2D eigenvalue weighted by molar-refractivity contribution is 0.0848. The van der Waals surface area contributed by atoms with Crippen molar-refractivity contribution in [3.05, 3.63) is 29.8 Å². The molecule has 1 aliphatic heterocycles. The zero-order valence-corrected chi connectivity index (χ0v) is 13.2. The predicted octanol–water partition coefficient (Wildman–Crippen LogP) is 1.39. The molecule has 0 spiro atoms. The van der Waals surface area contributed by atoms with Gasteiger partial charge < -0.3 is 4.74 Å². The van der Waals surface area contributed by atoms with Gasteiger partial charge in [0, 0.05) is 12.1 Å². The van der Waals surface area contributed by atoms with Gasteiger partial charge in [-0.3, -0.25) is 9.69 Å². The highest BCUT2D eigenvalue weighted by Gasteiger charge is 2.26. The average Bonchev–Trinajstić information content (AvgIpc) is 2.66. The van der Waals surface area contributed by atoms with Crippen molar-refractivity contribution in [3.63, 3.8) is 0 Å². The molecule has 0 bridgehead atoms. The third-order valence-electron chi connectivity index (χ3n) is 3.89. The highest BCUT2D eigenvalue weighted by atomic mass is 32.2. The molecular formula is C15H21NO4S. The van der Waals surface area contributed by atoms with Crippen molar-refractivity contribution in [3.8, 4) is 5.75 Å². The lowest BCUT2D eigenvalue weighted by Gasteiger charge is -2.26. The van der Waals surface area contributed by atoms with Crippen molar-refractivity contribution in [2.24, 2.45) is 0 Å². The van der Waals surface area contributed by atoms with Crippen molar-refractivity contribution in [2.45, 2.75) is 19.4 Å². The molecule has 2 rings (SSSR count). The topological polar surface area (TPSA) is 63.7 Å². The fourth-order valence-electron chi connectivity index (χ4n) is 2.51. The van der Waals surface area contributed by atoms with Crippen LogP contribution in [-0.2, 0) is 9.84 Å². The average molecular weight is 311 g/mol. The SMILES string of the molecule is COc1ccc(C(=O)C(C)N2CCCS(=O)(=O)CC2)cc1. The lowest BCUT2D eigenvalue weighted by atomic mass is 10.0. The van der Waals surface area contributed by atoms with Crippen molar-refractivity contribution >= 4 is 15.6 Å². The third-order valence-corrected chi connectivity index (χ3v) is 5.61. The van der Waals surface area contributed by atoms with Crippen molar-refractivity contribution in [1.82, 2.24) is 4.90 Å². The molecule has 0 N–H and O–H groups in total. The van der Waals surface area contributed by atoms with E-state index in [0.29, 0.717) is 30.8 Å². The van der Waals surface area contributed by atoms with Gasteiger partial charge in [-0.05, 0) is 44.2 Å². The Morgan fingerprint density at radius 1 is 1.19 bits per heavy atom. The number of ether oxygens (including phenoxy) is 1. The third kappa shape index (κ3) is 4.04. The second-order valence-corrected chi connectivity index (χ2v) is 7.61. The molecule has 1 aliphatic rings. The van der Waals surface area contributed by atoms with E-state index in [4.69, 9.17) is 4.74 Å². The Hall–Kier alpha value is -1.40. The van der Waals surface area contributed by atoms with E-state index in [0.717, 1.165) is 0 Å². The molecule has 0 aliphatic carbocycles. The minimum Gasteiger partial charge on any atom is -0.497 e. The van der Waals surface area contributed by atoms with Crippen LogP contribution in [0.5, 0.6) is 5.75 Å². The van der Waals surface area contributed by atoms with Crippen LogP contribution in [0, 0.1) is 0 Å². The molecule has 6 heteroatoms. The standard InChI is InChI=1S/C15H21NO4S/c1-12(16-8-3-10-21(18,19)11-9-16)15(17)13-4-6-14(20-2)7-5-13/h4-7,12H,3,8-11H2,1-2H3. The summed E-state index contributed by atoms with van der Waals surface area (Å²) in [5.74, 6) is 1.07. The van der Waals surface area contributed by atoms with Crippen molar-refractivity contribution < 1.29 is 17.9 Å². The van der Waals surface area contributed by atoms with Crippen LogP contribution in [0.2, 0.25) is 0 Å². The van der Waals surface area contributed by atoms with Crippen LogP contribution < -0.4 is 4.74 Å². The van der Waals surface area contributed by atoms with Gasteiger partial charge in [-0.15, -0.1) is 0 Å². The van der Waals surface area contributed by atoms with Crippen LogP contribution in [-0.4, -0.2) is 56.8 Å². The Labute approximate surface area is 125 Å². The fraction of sp³-hybridized carbons (Fsp3) is 0.533. The van der Waals surface area contributed by atoms with Gasteiger partial charge in [-0.1, -0.05) is 0 Å². The highest BCUT2D eigenvalue weighted by molar-refractivity contribution is 7.91. The van der Waals surface area contributed by atoms with E-state index in [9.17, 15) is 13.2 Å². The lowest BCUT2D eigenvalue weighted by Crippen LogP contribution is -2.40. The van der Waals surface area contributed by atoms with Gasteiger partial charge in [-0.25, -0.2) is 8.42 Å². The molecule has 116 valence electrons. The number of sulfone groups is 1. The Kier molecular flexibility index (Phi) is 5.00. The molecule has 5 nitrogen and oxygen atoms in total. The van der Waals surface area contributed by atoms with E-state index in [1.54, 1.807) is 31.4 Å². The largest absolute Gasteiger partial charge is 0.497 e. The van der Waals surface area contributed by atoms with Gasteiger partial charge in [0.05, 0.1) is 24.7 Å². The molecule has 1 saturated heterocycles. The summed E-state index contributed by atoms with van der Waals surface area (Å²) in [6.07, 6.45) is 0.586. The van der Waals surface area contributed by atoms with E-state index < -0.39 is 9.84 Å². The Balaban J connectivity index is 2.07. The first-order valence-electron chi connectivity index (χ1n) is 7.06. The predicted molar refractivity (Wildman–Crippen MR) is 81.6 cm³/mol. The summed E-state index contributed by atoms with van der Waals surface area (Å²) in [7, 11) is -1.37. The number of methoxy groups -OCH3 is 1. The molecule has 21 heavy (non-hydrogen) atoms. The summed E-state index contributed by atoms with van der Waals surface area (Å²) in [5.41, 5.74) is 0.621. The minimum absolute atomic E-state index is 0.0111. The van der Waals surface area contributed by atoms with Crippen LogP contribution >= 0.6 is 0 Å². The van der Waals surface area contributed by atoms with Crippen molar-refractivity contribution in [2.75, 3.05) is 31.7 Å². The second-order valence-electron chi connectivity index (χ2n) is 5.31. The number of ketones is 1. The molecule has 0 radical (unpaired) electrons.